The first kappa shape index (κ1) is 15.2. The van der Waals surface area contributed by atoms with Gasteiger partial charge in [-0.15, -0.1) is 24.0 Å². The summed E-state index contributed by atoms with van der Waals surface area (Å²) in [6, 6.07) is 0. The smallest absolute Gasteiger partial charge is 0.310 e. The Labute approximate surface area is 141 Å². The van der Waals surface area contributed by atoms with Crippen molar-refractivity contribution in [1.82, 2.24) is 4.90 Å². The molecule has 5 heteroatoms. The number of rotatable bonds is 1. The van der Waals surface area contributed by atoms with Gasteiger partial charge in [0.05, 0.1) is 18.1 Å². The summed E-state index contributed by atoms with van der Waals surface area (Å²) in [5.74, 6) is -0.0882. The van der Waals surface area contributed by atoms with E-state index in [0.717, 1.165) is 25.9 Å². The van der Waals surface area contributed by atoms with Crippen LogP contribution in [0.2, 0.25) is 0 Å². The van der Waals surface area contributed by atoms with Gasteiger partial charge in [0.2, 0.25) is 0 Å². The number of esters is 1. The zero-order chi connectivity index (χ0) is 13.7. The largest absolute Gasteiger partial charge is 0.461 e. The number of hydrogen-bond donors (Lipinski definition) is 0. The number of cyclic esters (lactones) is 1. The Morgan fingerprint density at radius 1 is 1.48 bits per heavy atom. The second-order valence-electron chi connectivity index (χ2n) is 5.97. The first-order valence-corrected chi connectivity index (χ1v) is 7.28. The molecular weight excluding hydrogens is 381 g/mol. The third kappa shape index (κ3) is 2.12. The van der Waals surface area contributed by atoms with Crippen LogP contribution in [-0.4, -0.2) is 49.3 Å². The van der Waals surface area contributed by atoms with E-state index in [2.05, 4.69) is 23.1 Å². The van der Waals surface area contributed by atoms with Crippen molar-refractivity contribution >= 4 is 29.9 Å². The van der Waals surface area contributed by atoms with Crippen LogP contribution in [0, 0.1) is 0 Å². The molecule has 0 fully saturated rings. The van der Waals surface area contributed by atoms with Gasteiger partial charge >= 0.3 is 5.97 Å². The van der Waals surface area contributed by atoms with Crippen LogP contribution >= 0.6 is 24.0 Å². The minimum absolute atomic E-state index is 0. The SMILES string of the molecule is CO[C@H]1C=CC2=CCN3CCC4=C(CC(=O)OC4)[C@]23C1.I. The van der Waals surface area contributed by atoms with E-state index in [1.807, 2.05) is 0 Å². The number of nitrogens with zero attached hydrogens (tertiary/aromatic N) is 1. The highest BCUT2D eigenvalue weighted by Gasteiger charge is 2.52. The Kier molecular flexibility index (Phi) is 4.00. The van der Waals surface area contributed by atoms with E-state index in [9.17, 15) is 4.79 Å². The maximum Gasteiger partial charge on any atom is 0.310 e. The molecule has 2 atom stereocenters. The average molecular weight is 401 g/mol. The maximum atomic E-state index is 11.8. The van der Waals surface area contributed by atoms with Gasteiger partial charge in [-0.25, -0.2) is 0 Å². The molecule has 4 aliphatic rings. The van der Waals surface area contributed by atoms with Crippen LogP contribution < -0.4 is 0 Å². The van der Waals surface area contributed by atoms with Gasteiger partial charge in [-0.3, -0.25) is 9.69 Å². The van der Waals surface area contributed by atoms with Gasteiger partial charge in [0.15, 0.2) is 0 Å². The van der Waals surface area contributed by atoms with Crippen LogP contribution in [-0.2, 0) is 14.3 Å². The molecule has 0 aromatic heterocycles. The van der Waals surface area contributed by atoms with Gasteiger partial charge in [0, 0.05) is 26.6 Å². The van der Waals surface area contributed by atoms with Crippen molar-refractivity contribution < 1.29 is 14.3 Å². The minimum Gasteiger partial charge on any atom is -0.461 e. The molecule has 21 heavy (non-hydrogen) atoms. The van der Waals surface area contributed by atoms with Crippen molar-refractivity contribution in [2.24, 2.45) is 0 Å². The topological polar surface area (TPSA) is 38.8 Å². The molecule has 0 bridgehead atoms. The lowest BCUT2D eigenvalue weighted by molar-refractivity contribution is -0.143. The molecule has 0 radical (unpaired) electrons. The van der Waals surface area contributed by atoms with Crippen LogP contribution in [0.5, 0.6) is 0 Å². The highest BCUT2D eigenvalue weighted by molar-refractivity contribution is 14.0. The Balaban J connectivity index is 0.00000132. The van der Waals surface area contributed by atoms with Crippen molar-refractivity contribution in [3.63, 3.8) is 0 Å². The third-order valence-electron chi connectivity index (χ3n) is 5.18. The molecular formula is C16H20INO3. The van der Waals surface area contributed by atoms with E-state index in [4.69, 9.17) is 9.47 Å². The van der Waals surface area contributed by atoms with Gasteiger partial charge in [0.1, 0.15) is 6.61 Å². The zero-order valence-corrected chi connectivity index (χ0v) is 14.5. The Morgan fingerprint density at radius 2 is 2.33 bits per heavy atom. The van der Waals surface area contributed by atoms with Gasteiger partial charge in [-0.2, -0.15) is 0 Å². The van der Waals surface area contributed by atoms with Crippen molar-refractivity contribution in [2.45, 2.75) is 30.9 Å². The standard InChI is InChI=1S/C16H19NO3.HI/c1-19-13-3-2-12-5-7-17-6-4-11-10-20-15(18)8-14(11)16(12,17)9-13;/h2-3,5,13H,4,6-10H2,1H3;1H/t13-,16-;/m0./s1. The number of ether oxygens (including phenoxy) is 2. The lowest BCUT2D eigenvalue weighted by Gasteiger charge is -2.50. The van der Waals surface area contributed by atoms with Crippen LogP contribution in [0.1, 0.15) is 19.3 Å². The number of halogens is 1. The second-order valence-corrected chi connectivity index (χ2v) is 5.97. The molecule has 0 amide bonds. The highest BCUT2D eigenvalue weighted by Crippen LogP contribution is 2.50. The number of carbonyl (C=O) groups excluding carboxylic acids is 1. The summed E-state index contributed by atoms with van der Waals surface area (Å²) in [6.45, 7) is 2.50. The molecule has 3 heterocycles. The fourth-order valence-electron chi connectivity index (χ4n) is 4.18. The Bertz CT molecular complexity index is 566. The predicted octanol–water partition coefficient (Wildman–Crippen LogP) is 2.21. The Morgan fingerprint density at radius 3 is 3.14 bits per heavy atom. The van der Waals surface area contributed by atoms with Gasteiger partial charge in [0.25, 0.3) is 0 Å². The van der Waals surface area contributed by atoms with E-state index < -0.39 is 0 Å². The predicted molar refractivity (Wildman–Crippen MR) is 89.6 cm³/mol. The number of methoxy groups -OCH3 is 1. The van der Waals surface area contributed by atoms with Gasteiger partial charge < -0.3 is 9.47 Å². The van der Waals surface area contributed by atoms with Crippen molar-refractivity contribution in [2.75, 3.05) is 26.8 Å². The van der Waals surface area contributed by atoms with Crippen LogP contribution in [0.3, 0.4) is 0 Å². The van der Waals surface area contributed by atoms with E-state index in [1.54, 1.807) is 7.11 Å². The summed E-state index contributed by atoms with van der Waals surface area (Å²) in [5, 5.41) is 0. The molecule has 114 valence electrons. The van der Waals surface area contributed by atoms with Gasteiger partial charge in [-0.1, -0.05) is 18.2 Å². The third-order valence-corrected chi connectivity index (χ3v) is 5.18. The second kappa shape index (κ2) is 5.52. The summed E-state index contributed by atoms with van der Waals surface area (Å²) in [4.78, 5) is 14.3. The molecule has 1 spiro atoms. The van der Waals surface area contributed by atoms with Crippen molar-refractivity contribution in [3.05, 3.63) is 34.9 Å². The summed E-state index contributed by atoms with van der Waals surface area (Å²) < 4.78 is 10.8. The molecule has 3 aliphatic heterocycles. The molecule has 0 aromatic rings. The summed E-state index contributed by atoms with van der Waals surface area (Å²) in [6.07, 6.45) is 9.12. The molecule has 0 aromatic carbocycles. The molecule has 0 unspecified atom stereocenters. The normalized spacial score (nSPS) is 34.4. The molecule has 4 rings (SSSR count). The molecule has 1 aliphatic carbocycles. The van der Waals surface area contributed by atoms with Gasteiger partial charge in [-0.05, 0) is 23.1 Å². The molecule has 4 nitrogen and oxygen atoms in total. The summed E-state index contributed by atoms with van der Waals surface area (Å²) in [5.41, 5.74) is 3.85. The Hall–Kier alpha value is -0.660. The van der Waals surface area contributed by atoms with Crippen molar-refractivity contribution in [3.8, 4) is 0 Å². The zero-order valence-electron chi connectivity index (χ0n) is 12.1. The van der Waals surface area contributed by atoms with E-state index >= 15 is 0 Å². The fourth-order valence-corrected chi connectivity index (χ4v) is 4.18. The first-order chi connectivity index (χ1) is 9.74. The maximum absolute atomic E-state index is 11.8. The lowest BCUT2D eigenvalue weighted by atomic mass is 9.69. The molecule has 0 saturated heterocycles. The number of hydrogen-bond acceptors (Lipinski definition) is 4. The fraction of sp³-hybridized carbons (Fsp3) is 0.562. The average Bonchev–Trinajstić information content (AvgIpc) is 2.86. The molecule has 0 N–H and O–H groups in total. The first-order valence-electron chi connectivity index (χ1n) is 7.28. The van der Waals surface area contributed by atoms with E-state index in [0.29, 0.717) is 13.0 Å². The summed E-state index contributed by atoms with van der Waals surface area (Å²) in [7, 11) is 1.76. The summed E-state index contributed by atoms with van der Waals surface area (Å²) >= 11 is 0. The van der Waals surface area contributed by atoms with E-state index in [1.165, 1.54) is 16.7 Å². The van der Waals surface area contributed by atoms with Crippen LogP contribution in [0.15, 0.2) is 34.9 Å². The highest BCUT2D eigenvalue weighted by atomic mass is 127. The molecule has 0 saturated carbocycles. The van der Waals surface area contributed by atoms with Crippen molar-refractivity contribution in [1.29, 1.82) is 0 Å². The van der Waals surface area contributed by atoms with E-state index in [-0.39, 0.29) is 41.6 Å². The number of carbonyl (C=O) groups is 1. The monoisotopic (exact) mass is 401 g/mol. The lowest BCUT2D eigenvalue weighted by Crippen LogP contribution is -2.55. The van der Waals surface area contributed by atoms with Crippen LogP contribution in [0.25, 0.3) is 0 Å². The quantitative estimate of drug-likeness (QED) is 0.384. The minimum atomic E-state index is -0.109. The van der Waals surface area contributed by atoms with Crippen LogP contribution in [0.4, 0.5) is 0 Å².